The molecule has 2 unspecified atom stereocenters. The van der Waals surface area contributed by atoms with E-state index in [4.69, 9.17) is 10.5 Å². The molecule has 21 heavy (non-hydrogen) atoms. The molecule has 1 aliphatic rings. The Hall–Kier alpha value is -1.60. The Balaban J connectivity index is 2.12. The van der Waals surface area contributed by atoms with Crippen LogP contribution in [0.4, 0.5) is 0 Å². The summed E-state index contributed by atoms with van der Waals surface area (Å²) in [5, 5.41) is 0. The van der Waals surface area contributed by atoms with Crippen LogP contribution in [0.15, 0.2) is 29.2 Å². The minimum absolute atomic E-state index is 0.154. The first kappa shape index (κ1) is 15.8. The average molecular weight is 312 g/mol. The summed E-state index contributed by atoms with van der Waals surface area (Å²) in [6.07, 6.45) is 2.06. The van der Waals surface area contributed by atoms with Crippen LogP contribution in [0.25, 0.3) is 0 Å². The summed E-state index contributed by atoms with van der Waals surface area (Å²) in [6, 6.07) is 5.78. The maximum Gasteiger partial charge on any atom is 0.240 e. The standard InChI is InChI=1S/C14H20N2O4S/c1-2-20-10-6-8-11(9-7-10)21(18,19)16-13-5-3-4-12(13)14(15)17/h6-9,12-13,16H,2-5H2,1H3,(H2,15,17). The van der Waals surface area contributed by atoms with Gasteiger partial charge in [-0.25, -0.2) is 13.1 Å². The van der Waals surface area contributed by atoms with E-state index in [1.165, 1.54) is 12.1 Å². The smallest absolute Gasteiger partial charge is 0.240 e. The molecule has 7 heteroatoms. The fraction of sp³-hybridized carbons (Fsp3) is 0.500. The van der Waals surface area contributed by atoms with E-state index in [1.54, 1.807) is 12.1 Å². The number of amides is 1. The van der Waals surface area contributed by atoms with Crippen molar-refractivity contribution in [3.8, 4) is 5.75 Å². The zero-order valence-corrected chi connectivity index (χ0v) is 12.7. The van der Waals surface area contributed by atoms with Crippen molar-refractivity contribution < 1.29 is 17.9 Å². The zero-order valence-electron chi connectivity index (χ0n) is 11.9. The number of nitrogens with two attached hydrogens (primary N) is 1. The number of carbonyl (C=O) groups excluding carboxylic acids is 1. The molecule has 116 valence electrons. The molecule has 1 aromatic rings. The van der Waals surface area contributed by atoms with Gasteiger partial charge in [0.2, 0.25) is 15.9 Å². The molecule has 1 aromatic carbocycles. The average Bonchev–Trinajstić information content (AvgIpc) is 2.87. The first-order chi connectivity index (χ1) is 9.94. The second kappa shape index (κ2) is 6.44. The summed E-state index contributed by atoms with van der Waals surface area (Å²) in [4.78, 5) is 11.5. The number of benzene rings is 1. The molecule has 3 N–H and O–H groups in total. The van der Waals surface area contributed by atoms with Gasteiger partial charge in [0.15, 0.2) is 0 Å². The summed E-state index contributed by atoms with van der Waals surface area (Å²) in [6.45, 7) is 2.38. The van der Waals surface area contributed by atoms with Crippen molar-refractivity contribution in [2.75, 3.05) is 6.61 Å². The van der Waals surface area contributed by atoms with Crippen LogP contribution in [0.3, 0.4) is 0 Å². The predicted octanol–water partition coefficient (Wildman–Crippen LogP) is 1.02. The van der Waals surface area contributed by atoms with Gasteiger partial charge in [0, 0.05) is 6.04 Å². The van der Waals surface area contributed by atoms with Crippen molar-refractivity contribution >= 4 is 15.9 Å². The molecule has 0 saturated heterocycles. The second-order valence-electron chi connectivity index (χ2n) is 5.07. The van der Waals surface area contributed by atoms with Crippen LogP contribution in [-0.2, 0) is 14.8 Å². The highest BCUT2D eigenvalue weighted by atomic mass is 32.2. The summed E-state index contributed by atoms with van der Waals surface area (Å²) in [7, 11) is -3.66. The van der Waals surface area contributed by atoms with Gasteiger partial charge >= 0.3 is 0 Å². The molecule has 1 amide bonds. The Morgan fingerprint density at radius 2 is 2.00 bits per heavy atom. The Labute approximate surface area is 124 Å². The van der Waals surface area contributed by atoms with E-state index in [0.29, 0.717) is 25.2 Å². The van der Waals surface area contributed by atoms with Crippen LogP contribution in [0.5, 0.6) is 5.75 Å². The monoisotopic (exact) mass is 312 g/mol. The quantitative estimate of drug-likeness (QED) is 0.819. The molecule has 0 heterocycles. The topological polar surface area (TPSA) is 98.5 Å². The summed E-state index contributed by atoms with van der Waals surface area (Å²) in [5.74, 6) is -0.262. The van der Waals surface area contributed by atoms with Crippen LogP contribution in [0.1, 0.15) is 26.2 Å². The molecule has 0 aromatic heterocycles. The third-order valence-electron chi connectivity index (χ3n) is 3.63. The highest BCUT2D eigenvalue weighted by Crippen LogP contribution is 2.27. The lowest BCUT2D eigenvalue weighted by Crippen LogP contribution is -2.42. The van der Waals surface area contributed by atoms with Crippen molar-refractivity contribution in [1.29, 1.82) is 0 Å². The van der Waals surface area contributed by atoms with Gasteiger partial charge in [-0.1, -0.05) is 6.42 Å². The van der Waals surface area contributed by atoms with Crippen LogP contribution in [-0.4, -0.2) is 27.0 Å². The number of carbonyl (C=O) groups is 1. The fourth-order valence-corrected chi connectivity index (χ4v) is 3.90. The predicted molar refractivity (Wildman–Crippen MR) is 78.3 cm³/mol. The van der Waals surface area contributed by atoms with Crippen LogP contribution in [0.2, 0.25) is 0 Å². The van der Waals surface area contributed by atoms with Crippen LogP contribution >= 0.6 is 0 Å². The minimum Gasteiger partial charge on any atom is -0.494 e. The Bertz CT molecular complexity index is 598. The van der Waals surface area contributed by atoms with Crippen molar-refractivity contribution in [3.05, 3.63) is 24.3 Å². The third-order valence-corrected chi connectivity index (χ3v) is 5.14. The summed E-state index contributed by atoms with van der Waals surface area (Å²) in [5.41, 5.74) is 5.31. The molecule has 2 atom stereocenters. The number of rotatable bonds is 6. The van der Waals surface area contributed by atoms with Gasteiger partial charge < -0.3 is 10.5 Å². The van der Waals surface area contributed by atoms with E-state index in [9.17, 15) is 13.2 Å². The van der Waals surface area contributed by atoms with E-state index in [0.717, 1.165) is 6.42 Å². The molecular formula is C14H20N2O4S. The van der Waals surface area contributed by atoms with Crippen LogP contribution < -0.4 is 15.2 Å². The minimum atomic E-state index is -3.66. The van der Waals surface area contributed by atoms with Gasteiger partial charge in [0.1, 0.15) is 5.75 Å². The first-order valence-corrected chi connectivity index (χ1v) is 8.47. The Morgan fingerprint density at radius 1 is 1.33 bits per heavy atom. The number of nitrogens with one attached hydrogen (secondary N) is 1. The Morgan fingerprint density at radius 3 is 2.57 bits per heavy atom. The molecule has 1 saturated carbocycles. The van der Waals surface area contributed by atoms with E-state index < -0.39 is 27.9 Å². The number of hydrogen-bond donors (Lipinski definition) is 2. The second-order valence-corrected chi connectivity index (χ2v) is 6.79. The van der Waals surface area contributed by atoms with E-state index >= 15 is 0 Å². The van der Waals surface area contributed by atoms with Crippen LogP contribution in [0, 0.1) is 5.92 Å². The number of hydrogen-bond acceptors (Lipinski definition) is 4. The van der Waals surface area contributed by atoms with Crippen molar-refractivity contribution in [3.63, 3.8) is 0 Å². The molecule has 1 aliphatic carbocycles. The lowest BCUT2D eigenvalue weighted by Gasteiger charge is -2.18. The molecule has 0 radical (unpaired) electrons. The van der Waals surface area contributed by atoms with Gasteiger partial charge in [-0.3, -0.25) is 4.79 Å². The Kier molecular flexibility index (Phi) is 4.84. The molecule has 2 rings (SSSR count). The highest BCUT2D eigenvalue weighted by Gasteiger charge is 2.34. The number of sulfonamides is 1. The normalized spacial score (nSPS) is 22.1. The number of primary amides is 1. The lowest BCUT2D eigenvalue weighted by molar-refractivity contribution is -0.122. The van der Waals surface area contributed by atoms with E-state index in [-0.39, 0.29) is 4.90 Å². The van der Waals surface area contributed by atoms with Gasteiger partial charge in [-0.15, -0.1) is 0 Å². The fourth-order valence-electron chi connectivity index (χ4n) is 2.59. The zero-order chi connectivity index (χ0) is 15.5. The van der Waals surface area contributed by atoms with Gasteiger partial charge in [0.25, 0.3) is 0 Å². The molecule has 0 spiro atoms. The van der Waals surface area contributed by atoms with Gasteiger partial charge in [-0.05, 0) is 44.0 Å². The highest BCUT2D eigenvalue weighted by molar-refractivity contribution is 7.89. The van der Waals surface area contributed by atoms with Gasteiger partial charge in [0.05, 0.1) is 17.4 Å². The SMILES string of the molecule is CCOc1ccc(S(=O)(=O)NC2CCCC2C(N)=O)cc1. The first-order valence-electron chi connectivity index (χ1n) is 6.98. The lowest BCUT2D eigenvalue weighted by atomic mass is 10.0. The summed E-state index contributed by atoms with van der Waals surface area (Å²) < 4.78 is 32.5. The molecule has 0 bridgehead atoms. The third kappa shape index (κ3) is 3.74. The molecular weight excluding hydrogens is 292 g/mol. The molecule has 6 nitrogen and oxygen atoms in total. The maximum absolute atomic E-state index is 12.3. The van der Waals surface area contributed by atoms with E-state index in [1.807, 2.05) is 6.92 Å². The van der Waals surface area contributed by atoms with E-state index in [2.05, 4.69) is 4.72 Å². The maximum atomic E-state index is 12.3. The molecule has 1 fully saturated rings. The van der Waals surface area contributed by atoms with Crippen molar-refractivity contribution in [2.45, 2.75) is 37.1 Å². The summed E-state index contributed by atoms with van der Waals surface area (Å²) >= 11 is 0. The molecule has 0 aliphatic heterocycles. The van der Waals surface area contributed by atoms with Gasteiger partial charge in [-0.2, -0.15) is 0 Å². The van der Waals surface area contributed by atoms with Crippen molar-refractivity contribution in [1.82, 2.24) is 4.72 Å². The number of ether oxygens (including phenoxy) is 1. The largest absolute Gasteiger partial charge is 0.494 e. The van der Waals surface area contributed by atoms with Crippen molar-refractivity contribution in [2.24, 2.45) is 11.7 Å².